The largest absolute Gasteiger partial charge is 0.303 e. The van der Waals surface area contributed by atoms with Gasteiger partial charge in [-0.15, -0.1) is 0 Å². The Morgan fingerprint density at radius 1 is 1.31 bits per heavy atom. The Kier molecular flexibility index (Phi) is 3.90. The topological polar surface area (TPSA) is 39.9 Å². The summed E-state index contributed by atoms with van der Waals surface area (Å²) in [6.45, 7) is 3.57. The van der Waals surface area contributed by atoms with Crippen molar-refractivity contribution in [1.29, 1.82) is 5.26 Å². The van der Waals surface area contributed by atoms with Gasteiger partial charge in [0.05, 0.1) is 0 Å². The van der Waals surface area contributed by atoms with E-state index in [9.17, 15) is 0 Å². The molecule has 84 valence electrons. The number of piperidine rings is 1. The highest BCUT2D eigenvalue weighted by Gasteiger charge is 2.09. The van der Waals surface area contributed by atoms with Crippen LogP contribution in [0.1, 0.15) is 30.5 Å². The number of hydrogen-bond donors (Lipinski definition) is 0. The number of hydrogen-bond acceptors (Lipinski definition) is 3. The van der Waals surface area contributed by atoms with Gasteiger partial charge in [-0.3, -0.25) is 0 Å². The Labute approximate surface area is 96.7 Å². The highest BCUT2D eigenvalue weighted by Crippen LogP contribution is 2.10. The van der Waals surface area contributed by atoms with Crippen molar-refractivity contribution < 1.29 is 0 Å². The number of nitriles is 1. The van der Waals surface area contributed by atoms with Gasteiger partial charge in [0.25, 0.3) is 0 Å². The van der Waals surface area contributed by atoms with Crippen molar-refractivity contribution in [1.82, 2.24) is 9.88 Å². The Morgan fingerprint density at radius 3 is 2.88 bits per heavy atom. The predicted octanol–water partition coefficient (Wildman–Crippen LogP) is 1.98. The molecule has 3 heteroatoms. The van der Waals surface area contributed by atoms with E-state index in [4.69, 9.17) is 5.26 Å². The summed E-state index contributed by atoms with van der Waals surface area (Å²) in [6, 6.07) is 5.98. The monoisotopic (exact) mass is 215 g/mol. The average Bonchev–Trinajstić information content (AvgIpc) is 2.38. The molecular weight excluding hydrogens is 198 g/mol. The molecule has 1 aliphatic heterocycles. The fraction of sp³-hybridized carbons (Fsp3) is 0.538. The summed E-state index contributed by atoms with van der Waals surface area (Å²) in [4.78, 5) is 6.49. The van der Waals surface area contributed by atoms with Gasteiger partial charge in [-0.2, -0.15) is 5.26 Å². The first-order valence-electron chi connectivity index (χ1n) is 5.96. The first-order valence-corrected chi connectivity index (χ1v) is 5.96. The molecule has 1 fully saturated rings. The van der Waals surface area contributed by atoms with Gasteiger partial charge in [0.1, 0.15) is 11.8 Å². The van der Waals surface area contributed by atoms with Crippen LogP contribution in [0.4, 0.5) is 0 Å². The van der Waals surface area contributed by atoms with E-state index in [1.807, 2.05) is 12.1 Å². The molecule has 0 saturated carbocycles. The molecule has 1 aromatic rings. The van der Waals surface area contributed by atoms with Gasteiger partial charge >= 0.3 is 0 Å². The average molecular weight is 215 g/mol. The summed E-state index contributed by atoms with van der Waals surface area (Å²) in [5.41, 5.74) is 1.74. The zero-order valence-electron chi connectivity index (χ0n) is 9.52. The van der Waals surface area contributed by atoms with Gasteiger partial charge in [0, 0.05) is 12.7 Å². The van der Waals surface area contributed by atoms with Crippen LogP contribution in [-0.2, 0) is 6.42 Å². The molecular formula is C13H17N3. The minimum absolute atomic E-state index is 0.524. The molecule has 0 radical (unpaired) electrons. The summed E-state index contributed by atoms with van der Waals surface area (Å²) >= 11 is 0. The third-order valence-corrected chi connectivity index (χ3v) is 3.10. The van der Waals surface area contributed by atoms with Gasteiger partial charge in [-0.05, 0) is 50.0 Å². The van der Waals surface area contributed by atoms with Crippen LogP contribution in [-0.4, -0.2) is 29.5 Å². The van der Waals surface area contributed by atoms with Crippen LogP contribution in [0.5, 0.6) is 0 Å². The maximum absolute atomic E-state index is 8.76. The molecule has 16 heavy (non-hydrogen) atoms. The van der Waals surface area contributed by atoms with Crippen molar-refractivity contribution in [2.45, 2.75) is 25.7 Å². The fourth-order valence-electron chi connectivity index (χ4n) is 2.16. The van der Waals surface area contributed by atoms with Gasteiger partial charge < -0.3 is 4.90 Å². The number of nitrogens with zero attached hydrogens (tertiary/aromatic N) is 3. The van der Waals surface area contributed by atoms with E-state index in [0.29, 0.717) is 5.69 Å². The second-order valence-electron chi connectivity index (χ2n) is 4.31. The van der Waals surface area contributed by atoms with E-state index in [2.05, 4.69) is 16.0 Å². The smallest absolute Gasteiger partial charge is 0.140 e. The van der Waals surface area contributed by atoms with Crippen LogP contribution < -0.4 is 0 Å². The highest BCUT2D eigenvalue weighted by atomic mass is 15.1. The summed E-state index contributed by atoms with van der Waals surface area (Å²) in [5.74, 6) is 0. The summed E-state index contributed by atoms with van der Waals surface area (Å²) in [6.07, 6.45) is 6.80. The van der Waals surface area contributed by atoms with Gasteiger partial charge in [0.2, 0.25) is 0 Å². The lowest BCUT2D eigenvalue weighted by atomic mass is 10.1. The summed E-state index contributed by atoms with van der Waals surface area (Å²) in [7, 11) is 0. The van der Waals surface area contributed by atoms with Gasteiger partial charge in [-0.25, -0.2) is 4.98 Å². The van der Waals surface area contributed by atoms with E-state index in [1.165, 1.54) is 37.9 Å². The van der Waals surface area contributed by atoms with Crippen LogP contribution in [0, 0.1) is 11.3 Å². The molecule has 2 rings (SSSR count). The second-order valence-corrected chi connectivity index (χ2v) is 4.31. The molecule has 3 nitrogen and oxygen atoms in total. The van der Waals surface area contributed by atoms with E-state index in [-0.39, 0.29) is 0 Å². The zero-order chi connectivity index (χ0) is 11.2. The number of pyridine rings is 1. The number of rotatable bonds is 3. The fourth-order valence-corrected chi connectivity index (χ4v) is 2.16. The third-order valence-electron chi connectivity index (χ3n) is 3.10. The molecule has 1 saturated heterocycles. The normalized spacial score (nSPS) is 16.9. The molecule has 0 aromatic carbocycles. The molecule has 2 heterocycles. The molecule has 0 unspecified atom stereocenters. The van der Waals surface area contributed by atoms with Crippen molar-refractivity contribution >= 4 is 0 Å². The van der Waals surface area contributed by atoms with E-state index in [0.717, 1.165) is 13.0 Å². The zero-order valence-corrected chi connectivity index (χ0v) is 9.52. The molecule has 0 spiro atoms. The van der Waals surface area contributed by atoms with Crippen LogP contribution in [0.15, 0.2) is 18.3 Å². The molecule has 1 aliphatic rings. The Hall–Kier alpha value is -1.40. The van der Waals surface area contributed by atoms with Crippen molar-refractivity contribution in [2.75, 3.05) is 19.6 Å². The SMILES string of the molecule is N#Cc1cc(CCN2CCCCC2)ccn1. The van der Waals surface area contributed by atoms with Crippen molar-refractivity contribution in [3.05, 3.63) is 29.6 Å². The molecule has 0 amide bonds. The Balaban J connectivity index is 1.86. The lowest BCUT2D eigenvalue weighted by Crippen LogP contribution is -2.31. The standard InChI is InChI=1S/C13H17N3/c14-11-13-10-12(4-6-15-13)5-9-16-7-2-1-3-8-16/h4,6,10H,1-3,5,7-9H2. The van der Waals surface area contributed by atoms with E-state index in [1.54, 1.807) is 6.20 Å². The van der Waals surface area contributed by atoms with Crippen LogP contribution in [0.2, 0.25) is 0 Å². The molecule has 1 aromatic heterocycles. The Morgan fingerprint density at radius 2 is 2.12 bits per heavy atom. The molecule has 0 atom stereocenters. The maximum atomic E-state index is 8.76. The van der Waals surface area contributed by atoms with Gasteiger partial charge in [0.15, 0.2) is 0 Å². The summed E-state index contributed by atoms with van der Waals surface area (Å²) in [5, 5.41) is 8.76. The van der Waals surface area contributed by atoms with Crippen LogP contribution in [0.3, 0.4) is 0 Å². The van der Waals surface area contributed by atoms with Crippen LogP contribution >= 0.6 is 0 Å². The first kappa shape index (κ1) is 11.1. The third kappa shape index (κ3) is 3.04. The molecule has 0 bridgehead atoms. The van der Waals surface area contributed by atoms with Gasteiger partial charge in [-0.1, -0.05) is 6.42 Å². The lowest BCUT2D eigenvalue weighted by Gasteiger charge is -2.26. The predicted molar refractivity (Wildman–Crippen MR) is 62.9 cm³/mol. The van der Waals surface area contributed by atoms with Crippen molar-refractivity contribution in [3.63, 3.8) is 0 Å². The lowest BCUT2D eigenvalue weighted by molar-refractivity contribution is 0.231. The van der Waals surface area contributed by atoms with E-state index < -0.39 is 0 Å². The van der Waals surface area contributed by atoms with Crippen molar-refractivity contribution in [3.8, 4) is 6.07 Å². The maximum Gasteiger partial charge on any atom is 0.140 e. The Bertz CT molecular complexity index is 375. The first-order chi connectivity index (χ1) is 7.88. The number of likely N-dealkylation sites (tertiary alicyclic amines) is 1. The minimum atomic E-state index is 0.524. The summed E-state index contributed by atoms with van der Waals surface area (Å²) < 4.78 is 0. The van der Waals surface area contributed by atoms with E-state index >= 15 is 0 Å². The second kappa shape index (κ2) is 5.62. The highest BCUT2D eigenvalue weighted by molar-refractivity contribution is 5.25. The molecule has 0 aliphatic carbocycles. The van der Waals surface area contributed by atoms with Crippen molar-refractivity contribution in [2.24, 2.45) is 0 Å². The minimum Gasteiger partial charge on any atom is -0.303 e. The van der Waals surface area contributed by atoms with Crippen LogP contribution in [0.25, 0.3) is 0 Å². The number of aromatic nitrogens is 1. The molecule has 0 N–H and O–H groups in total. The quantitative estimate of drug-likeness (QED) is 0.774.